The molecule has 1 amide bonds. The molecule has 3 aromatic rings. The fourth-order valence-electron chi connectivity index (χ4n) is 3.77. The summed E-state index contributed by atoms with van der Waals surface area (Å²) >= 11 is 0. The van der Waals surface area contributed by atoms with E-state index < -0.39 is 0 Å². The molecule has 2 heterocycles. The van der Waals surface area contributed by atoms with Gasteiger partial charge in [0, 0.05) is 26.2 Å². The van der Waals surface area contributed by atoms with Crippen LogP contribution in [0.5, 0.6) is 5.75 Å². The Balaban J connectivity index is 1.40. The van der Waals surface area contributed by atoms with Crippen molar-refractivity contribution in [2.45, 2.75) is 26.1 Å². The Bertz CT molecular complexity index is 1020. The Kier molecular flexibility index (Phi) is 6.64. The van der Waals surface area contributed by atoms with Crippen molar-refractivity contribution in [3.05, 3.63) is 77.6 Å². The number of carbonyl (C=O) groups excluding carboxylic acids is 1. The Labute approximate surface area is 182 Å². The molecule has 0 radical (unpaired) electrons. The minimum atomic E-state index is -0.265. The maximum Gasteiger partial charge on any atom is 0.275 e. The number of aromatic nitrogens is 2. The Morgan fingerprint density at radius 3 is 2.77 bits per heavy atom. The standard InChI is InChI=1S/C24H28N4O3/c1-18-15-27(11-12-31-18)16-20-8-6-7-19(13-20)14-25-24(29)23-22(30-2)17-28(26-23)21-9-4-3-5-10-21/h3-10,13,17-18H,11-12,14-16H2,1-2H3,(H,25,29). The molecule has 0 aliphatic carbocycles. The van der Waals surface area contributed by atoms with Crippen molar-refractivity contribution in [1.29, 1.82) is 0 Å². The summed E-state index contributed by atoms with van der Waals surface area (Å²) in [5, 5.41) is 7.39. The maximum absolute atomic E-state index is 12.8. The number of carbonyl (C=O) groups is 1. The minimum absolute atomic E-state index is 0.265. The fourth-order valence-corrected chi connectivity index (χ4v) is 3.77. The molecule has 4 rings (SSSR count). The average Bonchev–Trinajstić information content (AvgIpc) is 3.23. The van der Waals surface area contributed by atoms with Crippen LogP contribution in [0.4, 0.5) is 0 Å². The topological polar surface area (TPSA) is 68.6 Å². The molecule has 0 bridgehead atoms. The first-order valence-corrected chi connectivity index (χ1v) is 10.5. The molecule has 0 saturated carbocycles. The highest BCUT2D eigenvalue weighted by molar-refractivity contribution is 5.94. The van der Waals surface area contributed by atoms with Crippen LogP contribution < -0.4 is 10.1 Å². The van der Waals surface area contributed by atoms with Gasteiger partial charge in [-0.2, -0.15) is 5.10 Å². The van der Waals surface area contributed by atoms with E-state index in [1.165, 1.54) is 5.56 Å². The number of rotatable bonds is 7. The third-order valence-corrected chi connectivity index (χ3v) is 5.31. The number of methoxy groups -OCH3 is 1. The number of nitrogens with one attached hydrogen (secondary N) is 1. The van der Waals surface area contributed by atoms with Crippen LogP contribution >= 0.6 is 0 Å². The summed E-state index contributed by atoms with van der Waals surface area (Å²) in [5.41, 5.74) is 3.41. The maximum atomic E-state index is 12.8. The second kappa shape index (κ2) is 9.76. The van der Waals surface area contributed by atoms with Crippen molar-refractivity contribution >= 4 is 5.91 Å². The molecule has 162 valence electrons. The predicted molar refractivity (Wildman–Crippen MR) is 118 cm³/mol. The summed E-state index contributed by atoms with van der Waals surface area (Å²) in [5.74, 6) is 0.176. The van der Waals surface area contributed by atoms with Crippen LogP contribution in [-0.2, 0) is 17.8 Å². The van der Waals surface area contributed by atoms with E-state index in [4.69, 9.17) is 9.47 Å². The average molecular weight is 421 g/mol. The lowest BCUT2D eigenvalue weighted by molar-refractivity contribution is -0.0212. The summed E-state index contributed by atoms with van der Waals surface area (Å²) in [6.45, 7) is 6.05. The van der Waals surface area contributed by atoms with Crippen LogP contribution in [-0.4, -0.2) is 53.5 Å². The molecule has 7 nitrogen and oxygen atoms in total. The number of morpholine rings is 1. The molecule has 1 aliphatic heterocycles. The molecule has 1 unspecified atom stereocenters. The molecule has 1 aliphatic rings. The first kappa shape index (κ1) is 21.1. The summed E-state index contributed by atoms with van der Waals surface area (Å²) in [4.78, 5) is 15.2. The van der Waals surface area contributed by atoms with E-state index in [0.29, 0.717) is 12.3 Å². The van der Waals surface area contributed by atoms with Gasteiger partial charge >= 0.3 is 0 Å². The van der Waals surface area contributed by atoms with Crippen LogP contribution in [0.15, 0.2) is 60.8 Å². The molecule has 2 aromatic carbocycles. The number of amides is 1. The van der Waals surface area contributed by atoms with Crippen molar-refractivity contribution in [3.63, 3.8) is 0 Å². The molecule has 0 spiro atoms. The first-order chi connectivity index (χ1) is 15.1. The summed E-state index contributed by atoms with van der Waals surface area (Å²) < 4.78 is 12.6. The molecule has 7 heteroatoms. The quantitative estimate of drug-likeness (QED) is 0.636. The first-order valence-electron chi connectivity index (χ1n) is 10.5. The van der Waals surface area contributed by atoms with Crippen molar-refractivity contribution in [2.75, 3.05) is 26.8 Å². The number of hydrogen-bond acceptors (Lipinski definition) is 5. The molecule has 1 N–H and O–H groups in total. The number of ether oxygens (including phenoxy) is 2. The van der Waals surface area contributed by atoms with Gasteiger partial charge in [0.05, 0.1) is 31.7 Å². The zero-order chi connectivity index (χ0) is 21.6. The zero-order valence-electron chi connectivity index (χ0n) is 18.0. The van der Waals surface area contributed by atoms with E-state index in [1.807, 2.05) is 42.5 Å². The largest absolute Gasteiger partial charge is 0.493 e. The SMILES string of the molecule is COc1cn(-c2ccccc2)nc1C(=O)NCc1cccc(CN2CCOC(C)C2)c1. The van der Waals surface area contributed by atoms with E-state index in [-0.39, 0.29) is 17.7 Å². The number of hydrogen-bond donors (Lipinski definition) is 1. The summed E-state index contributed by atoms with van der Waals surface area (Å²) in [7, 11) is 1.54. The Morgan fingerprint density at radius 1 is 1.19 bits per heavy atom. The van der Waals surface area contributed by atoms with Crippen molar-refractivity contribution in [2.24, 2.45) is 0 Å². The van der Waals surface area contributed by atoms with Gasteiger partial charge in [-0.15, -0.1) is 0 Å². The van der Waals surface area contributed by atoms with Gasteiger partial charge in [-0.1, -0.05) is 42.5 Å². The van der Waals surface area contributed by atoms with Gasteiger partial charge < -0.3 is 14.8 Å². The van der Waals surface area contributed by atoms with E-state index in [9.17, 15) is 4.79 Å². The van der Waals surface area contributed by atoms with Crippen molar-refractivity contribution in [1.82, 2.24) is 20.0 Å². The van der Waals surface area contributed by atoms with Crippen LogP contribution in [0.3, 0.4) is 0 Å². The molecule has 1 aromatic heterocycles. The Morgan fingerprint density at radius 2 is 2.00 bits per heavy atom. The highest BCUT2D eigenvalue weighted by atomic mass is 16.5. The lowest BCUT2D eigenvalue weighted by atomic mass is 10.1. The van der Waals surface area contributed by atoms with E-state index in [2.05, 4.69) is 34.4 Å². The molecule has 1 saturated heterocycles. The normalized spacial score (nSPS) is 16.8. The monoisotopic (exact) mass is 420 g/mol. The van der Waals surface area contributed by atoms with Gasteiger partial charge in [-0.05, 0) is 30.2 Å². The second-order valence-corrected chi connectivity index (χ2v) is 7.75. The van der Waals surface area contributed by atoms with Crippen LogP contribution in [0, 0.1) is 0 Å². The second-order valence-electron chi connectivity index (χ2n) is 7.75. The molecule has 31 heavy (non-hydrogen) atoms. The zero-order valence-corrected chi connectivity index (χ0v) is 18.0. The van der Waals surface area contributed by atoms with Gasteiger partial charge in [0.25, 0.3) is 5.91 Å². The third-order valence-electron chi connectivity index (χ3n) is 5.31. The highest BCUT2D eigenvalue weighted by Crippen LogP contribution is 2.19. The van der Waals surface area contributed by atoms with Crippen LogP contribution in [0.1, 0.15) is 28.5 Å². The minimum Gasteiger partial charge on any atom is -0.493 e. The van der Waals surface area contributed by atoms with Gasteiger partial charge in [0.2, 0.25) is 0 Å². The predicted octanol–water partition coefficient (Wildman–Crippen LogP) is 3.03. The highest BCUT2D eigenvalue weighted by Gasteiger charge is 2.19. The van der Waals surface area contributed by atoms with E-state index in [1.54, 1.807) is 18.0 Å². The van der Waals surface area contributed by atoms with Gasteiger partial charge in [0.1, 0.15) is 0 Å². The number of nitrogens with zero attached hydrogens (tertiary/aromatic N) is 3. The molecule has 1 fully saturated rings. The van der Waals surface area contributed by atoms with Crippen LogP contribution in [0.25, 0.3) is 5.69 Å². The van der Waals surface area contributed by atoms with Crippen LogP contribution in [0.2, 0.25) is 0 Å². The molecular formula is C24H28N4O3. The summed E-state index contributed by atoms with van der Waals surface area (Å²) in [6, 6.07) is 17.9. The molecular weight excluding hydrogens is 392 g/mol. The number of benzene rings is 2. The van der Waals surface area contributed by atoms with Gasteiger partial charge in [0.15, 0.2) is 11.4 Å². The van der Waals surface area contributed by atoms with E-state index >= 15 is 0 Å². The van der Waals surface area contributed by atoms with Gasteiger partial charge in [-0.25, -0.2) is 4.68 Å². The van der Waals surface area contributed by atoms with Crippen molar-refractivity contribution < 1.29 is 14.3 Å². The smallest absolute Gasteiger partial charge is 0.275 e. The lowest BCUT2D eigenvalue weighted by Gasteiger charge is -2.31. The fraction of sp³-hybridized carbons (Fsp3) is 0.333. The summed E-state index contributed by atoms with van der Waals surface area (Å²) in [6.07, 6.45) is 1.98. The van der Waals surface area contributed by atoms with Gasteiger partial charge in [-0.3, -0.25) is 9.69 Å². The lowest BCUT2D eigenvalue weighted by Crippen LogP contribution is -2.40. The Hall–Kier alpha value is -3.16. The third kappa shape index (κ3) is 5.31. The van der Waals surface area contributed by atoms with E-state index in [0.717, 1.165) is 37.5 Å². The van der Waals surface area contributed by atoms with Crippen molar-refractivity contribution in [3.8, 4) is 11.4 Å². The number of para-hydroxylation sites is 1. The molecule has 1 atom stereocenters.